The van der Waals surface area contributed by atoms with Crippen LogP contribution in [0.2, 0.25) is 0 Å². The summed E-state index contributed by atoms with van der Waals surface area (Å²) >= 11 is 0. The van der Waals surface area contributed by atoms with Gasteiger partial charge in [0, 0.05) is 36.4 Å². The number of ketones is 1. The van der Waals surface area contributed by atoms with Gasteiger partial charge in [-0.15, -0.1) is 0 Å². The van der Waals surface area contributed by atoms with Crippen LogP contribution >= 0.6 is 0 Å². The van der Waals surface area contributed by atoms with E-state index in [0.717, 1.165) is 0 Å². The van der Waals surface area contributed by atoms with Gasteiger partial charge in [-0.05, 0) is 12.1 Å². The van der Waals surface area contributed by atoms with E-state index in [2.05, 4.69) is 15.8 Å². The predicted molar refractivity (Wildman–Crippen MR) is 79.9 cm³/mol. The number of pyridine rings is 1. The maximum absolute atomic E-state index is 11.8. The molecule has 6 nitrogen and oxygen atoms in total. The number of amides is 2. The largest absolute Gasteiger partial charge is 0.294 e. The van der Waals surface area contributed by atoms with E-state index >= 15 is 0 Å². The van der Waals surface area contributed by atoms with Crippen molar-refractivity contribution >= 4 is 17.6 Å². The third-order valence-corrected chi connectivity index (χ3v) is 2.93. The average molecular weight is 297 g/mol. The topological polar surface area (TPSA) is 88.2 Å². The fourth-order valence-electron chi connectivity index (χ4n) is 1.76. The summed E-state index contributed by atoms with van der Waals surface area (Å²) in [6.07, 6.45) is 3.05. The number of carbonyl (C=O) groups is 3. The van der Waals surface area contributed by atoms with E-state index < -0.39 is 11.8 Å². The first-order chi connectivity index (χ1) is 10.7. The minimum Gasteiger partial charge on any atom is -0.294 e. The summed E-state index contributed by atoms with van der Waals surface area (Å²) in [7, 11) is 0. The smallest absolute Gasteiger partial charge is 0.269 e. The number of nitrogens with one attached hydrogen (secondary N) is 2. The van der Waals surface area contributed by atoms with Gasteiger partial charge in [-0.1, -0.05) is 30.3 Å². The van der Waals surface area contributed by atoms with Crippen LogP contribution in [-0.2, 0) is 4.79 Å². The van der Waals surface area contributed by atoms with Crippen molar-refractivity contribution in [3.05, 3.63) is 66.0 Å². The molecule has 112 valence electrons. The standard InChI is InChI=1S/C16H15N3O3/c20-14(12-4-2-1-3-5-12)6-7-15(21)18-19-16(22)13-8-10-17-11-9-13/h1-5,8-11H,6-7H2,(H,18,21)(H,19,22). The lowest BCUT2D eigenvalue weighted by Crippen LogP contribution is -2.41. The summed E-state index contributed by atoms with van der Waals surface area (Å²) in [5, 5.41) is 0. The lowest BCUT2D eigenvalue weighted by atomic mass is 10.1. The van der Waals surface area contributed by atoms with Crippen LogP contribution in [0, 0.1) is 0 Å². The first kappa shape index (κ1) is 15.4. The van der Waals surface area contributed by atoms with E-state index in [9.17, 15) is 14.4 Å². The number of rotatable bonds is 5. The third kappa shape index (κ3) is 4.52. The normalized spacial score (nSPS) is 9.82. The fraction of sp³-hybridized carbons (Fsp3) is 0.125. The van der Waals surface area contributed by atoms with Crippen LogP contribution in [-0.4, -0.2) is 22.6 Å². The van der Waals surface area contributed by atoms with Gasteiger partial charge in [-0.25, -0.2) is 0 Å². The molecule has 0 saturated carbocycles. The zero-order valence-electron chi connectivity index (χ0n) is 11.8. The maximum atomic E-state index is 11.8. The van der Waals surface area contributed by atoms with Crippen molar-refractivity contribution in [2.45, 2.75) is 12.8 Å². The Morgan fingerprint density at radius 2 is 1.50 bits per heavy atom. The van der Waals surface area contributed by atoms with Crippen molar-refractivity contribution < 1.29 is 14.4 Å². The molecule has 1 aromatic carbocycles. The highest BCUT2D eigenvalue weighted by atomic mass is 16.2. The van der Waals surface area contributed by atoms with E-state index in [1.807, 2.05) is 6.07 Å². The molecule has 0 aliphatic rings. The average Bonchev–Trinajstić information content (AvgIpc) is 2.59. The Hall–Kier alpha value is -3.02. The van der Waals surface area contributed by atoms with Gasteiger partial charge in [0.25, 0.3) is 5.91 Å². The molecule has 1 aromatic heterocycles. The van der Waals surface area contributed by atoms with Crippen LogP contribution < -0.4 is 10.9 Å². The summed E-state index contributed by atoms with van der Waals surface area (Å²) in [5.74, 6) is -0.979. The summed E-state index contributed by atoms with van der Waals surface area (Å²) in [6, 6.07) is 11.8. The Labute approximate surface area is 127 Å². The zero-order valence-corrected chi connectivity index (χ0v) is 11.8. The van der Waals surface area contributed by atoms with Gasteiger partial charge in [0.2, 0.25) is 5.91 Å². The number of benzene rings is 1. The van der Waals surface area contributed by atoms with E-state index in [1.54, 1.807) is 24.3 Å². The molecular formula is C16H15N3O3. The molecule has 0 unspecified atom stereocenters. The third-order valence-electron chi connectivity index (χ3n) is 2.93. The Morgan fingerprint density at radius 1 is 0.818 bits per heavy atom. The summed E-state index contributed by atoms with van der Waals surface area (Å²) in [5.41, 5.74) is 5.51. The molecule has 2 N–H and O–H groups in total. The molecule has 0 aliphatic carbocycles. The van der Waals surface area contributed by atoms with Gasteiger partial charge in [0.15, 0.2) is 5.78 Å². The van der Waals surface area contributed by atoms with Gasteiger partial charge in [-0.3, -0.25) is 30.2 Å². The second-order valence-electron chi connectivity index (χ2n) is 4.53. The van der Waals surface area contributed by atoms with Crippen LogP contribution in [0.15, 0.2) is 54.9 Å². The summed E-state index contributed by atoms with van der Waals surface area (Å²) < 4.78 is 0. The molecule has 0 spiro atoms. The molecule has 1 heterocycles. The number of hydrazine groups is 1. The van der Waals surface area contributed by atoms with Gasteiger partial charge < -0.3 is 0 Å². The Morgan fingerprint density at radius 3 is 2.18 bits per heavy atom. The van der Waals surface area contributed by atoms with Gasteiger partial charge in [0.1, 0.15) is 0 Å². The van der Waals surface area contributed by atoms with Crippen molar-refractivity contribution in [1.29, 1.82) is 0 Å². The molecule has 2 aromatic rings. The molecule has 0 bridgehead atoms. The Bertz CT molecular complexity index is 599. The maximum Gasteiger partial charge on any atom is 0.269 e. The number of hydrogen-bond acceptors (Lipinski definition) is 4. The highest BCUT2D eigenvalue weighted by molar-refractivity contribution is 5.98. The van der Waals surface area contributed by atoms with Crippen molar-refractivity contribution in [1.82, 2.24) is 15.8 Å². The van der Waals surface area contributed by atoms with Crippen LogP contribution in [0.3, 0.4) is 0 Å². The molecule has 0 fully saturated rings. The monoisotopic (exact) mass is 297 g/mol. The number of aromatic nitrogens is 1. The molecule has 0 aliphatic heterocycles. The molecule has 0 radical (unpaired) electrons. The molecule has 2 amide bonds. The fourth-order valence-corrected chi connectivity index (χ4v) is 1.76. The first-order valence-electron chi connectivity index (χ1n) is 6.74. The minimum absolute atomic E-state index is 0.00432. The van der Waals surface area contributed by atoms with Crippen molar-refractivity contribution in [2.24, 2.45) is 0 Å². The second kappa shape index (κ2) is 7.68. The SMILES string of the molecule is O=C(CCC(=O)c1ccccc1)NNC(=O)c1ccncc1. The van der Waals surface area contributed by atoms with Gasteiger partial charge >= 0.3 is 0 Å². The number of carbonyl (C=O) groups excluding carboxylic acids is 3. The highest BCUT2D eigenvalue weighted by Gasteiger charge is 2.10. The minimum atomic E-state index is -0.440. The lowest BCUT2D eigenvalue weighted by molar-refractivity contribution is -0.121. The van der Waals surface area contributed by atoms with Crippen LogP contribution in [0.4, 0.5) is 0 Å². The van der Waals surface area contributed by atoms with Crippen molar-refractivity contribution in [3.63, 3.8) is 0 Å². The number of hydrogen-bond donors (Lipinski definition) is 2. The highest BCUT2D eigenvalue weighted by Crippen LogP contribution is 2.04. The second-order valence-corrected chi connectivity index (χ2v) is 4.53. The van der Waals surface area contributed by atoms with Crippen LogP contribution in [0.1, 0.15) is 33.6 Å². The van der Waals surface area contributed by atoms with E-state index in [4.69, 9.17) is 0 Å². The Balaban J connectivity index is 1.74. The summed E-state index contributed by atoms with van der Waals surface area (Å²) in [4.78, 5) is 38.9. The molecule has 22 heavy (non-hydrogen) atoms. The quantitative estimate of drug-likeness (QED) is 0.646. The zero-order chi connectivity index (χ0) is 15.8. The molecular weight excluding hydrogens is 282 g/mol. The lowest BCUT2D eigenvalue weighted by Gasteiger charge is -2.07. The first-order valence-corrected chi connectivity index (χ1v) is 6.74. The molecule has 6 heteroatoms. The van der Waals surface area contributed by atoms with Crippen molar-refractivity contribution in [2.75, 3.05) is 0 Å². The van der Waals surface area contributed by atoms with Gasteiger partial charge in [-0.2, -0.15) is 0 Å². The van der Waals surface area contributed by atoms with E-state index in [-0.39, 0.29) is 18.6 Å². The van der Waals surface area contributed by atoms with Crippen LogP contribution in [0.5, 0.6) is 0 Å². The van der Waals surface area contributed by atoms with E-state index in [1.165, 1.54) is 24.5 Å². The number of Topliss-reactive ketones (excluding diaryl/α,β-unsaturated/α-hetero) is 1. The van der Waals surface area contributed by atoms with Crippen LogP contribution in [0.25, 0.3) is 0 Å². The number of nitrogens with zero attached hydrogens (tertiary/aromatic N) is 1. The molecule has 0 atom stereocenters. The predicted octanol–water partition coefficient (Wildman–Crippen LogP) is 1.51. The van der Waals surface area contributed by atoms with Gasteiger partial charge in [0.05, 0.1) is 0 Å². The molecule has 0 saturated heterocycles. The van der Waals surface area contributed by atoms with E-state index in [0.29, 0.717) is 11.1 Å². The molecule has 2 rings (SSSR count). The van der Waals surface area contributed by atoms with Crippen molar-refractivity contribution in [3.8, 4) is 0 Å². The Kier molecular flexibility index (Phi) is 5.37. The summed E-state index contributed by atoms with van der Waals surface area (Å²) in [6.45, 7) is 0.